The first-order chi connectivity index (χ1) is 16.1. The first-order valence-corrected chi connectivity index (χ1v) is 12.2. The molecule has 0 aliphatic carbocycles. The first kappa shape index (κ1) is 26.4. The summed E-state index contributed by atoms with van der Waals surface area (Å²) >= 11 is 0. The molecule has 2 unspecified atom stereocenters. The van der Waals surface area contributed by atoms with Crippen LogP contribution < -0.4 is 10.2 Å². The minimum absolute atomic E-state index is 0.0248. The highest BCUT2D eigenvalue weighted by Gasteiger charge is 2.34. The van der Waals surface area contributed by atoms with Gasteiger partial charge >= 0.3 is 6.18 Å². The molecule has 0 amide bonds. The zero-order valence-electron chi connectivity index (χ0n) is 20.7. The molecule has 4 rings (SSSR count). The van der Waals surface area contributed by atoms with E-state index in [1.807, 2.05) is 20.9 Å². The van der Waals surface area contributed by atoms with Crippen molar-refractivity contribution in [3.63, 3.8) is 0 Å². The molecule has 0 saturated carbocycles. The molecule has 0 bridgehead atoms. The predicted molar refractivity (Wildman–Crippen MR) is 131 cm³/mol. The molecule has 1 N–H and O–H groups in total. The molecule has 2 fully saturated rings. The highest BCUT2D eigenvalue weighted by Crippen LogP contribution is 2.38. The Morgan fingerprint density at radius 3 is 2.41 bits per heavy atom. The molecule has 0 spiro atoms. The minimum atomic E-state index is -4.40. The normalized spacial score (nSPS) is 22.3. The molecular formula is C26H37F3N4O. The molecule has 3 heterocycles. The second-order valence-corrected chi connectivity index (χ2v) is 10.1. The molecular weight excluding hydrogens is 441 g/mol. The summed E-state index contributed by atoms with van der Waals surface area (Å²) in [6.07, 6.45) is 2.96. The second kappa shape index (κ2) is 11.0. The predicted octanol–water partition coefficient (Wildman–Crippen LogP) is 5.14. The van der Waals surface area contributed by atoms with Gasteiger partial charge in [0.05, 0.1) is 16.6 Å². The lowest BCUT2D eigenvalue weighted by Crippen LogP contribution is -2.47. The van der Waals surface area contributed by atoms with Gasteiger partial charge in [-0.25, -0.2) is 0 Å². The average molecular weight is 479 g/mol. The molecule has 0 radical (unpaired) electrons. The zero-order valence-corrected chi connectivity index (χ0v) is 20.7. The summed E-state index contributed by atoms with van der Waals surface area (Å²) in [5, 5.41) is 3.84. The number of nitrogens with zero attached hydrogens (tertiary/aromatic N) is 3. The fraction of sp³-hybridized carbons (Fsp3) is 0.615. The number of nitrogens with one attached hydrogen (secondary N) is 1. The first-order valence-electron chi connectivity index (χ1n) is 12.2. The molecule has 5 nitrogen and oxygen atoms in total. The summed E-state index contributed by atoms with van der Waals surface area (Å²) in [5.41, 5.74) is -0.0582. The van der Waals surface area contributed by atoms with E-state index in [4.69, 9.17) is 0 Å². The van der Waals surface area contributed by atoms with Crippen molar-refractivity contribution < 1.29 is 18.0 Å². The number of likely N-dealkylation sites (N-methyl/N-ethyl adjacent to an activating group) is 1. The molecule has 2 aliphatic heterocycles. The van der Waals surface area contributed by atoms with Crippen LogP contribution in [0.4, 0.5) is 18.9 Å². The summed E-state index contributed by atoms with van der Waals surface area (Å²) in [7, 11) is 1.92. The van der Waals surface area contributed by atoms with Gasteiger partial charge < -0.3 is 15.0 Å². The Hall–Kier alpha value is -2.19. The van der Waals surface area contributed by atoms with Crippen LogP contribution in [-0.4, -0.2) is 61.0 Å². The highest BCUT2D eigenvalue weighted by molar-refractivity contribution is 5.94. The smallest absolute Gasteiger partial charge is 0.369 e. The van der Waals surface area contributed by atoms with Gasteiger partial charge in [-0.2, -0.15) is 13.2 Å². The van der Waals surface area contributed by atoms with Gasteiger partial charge in [0, 0.05) is 36.4 Å². The number of rotatable bonds is 4. The van der Waals surface area contributed by atoms with E-state index in [1.165, 1.54) is 25.5 Å². The van der Waals surface area contributed by atoms with Crippen LogP contribution in [0, 0.1) is 5.92 Å². The number of carbonyl (C=O) groups excluding carboxylic acids is 1. The fourth-order valence-corrected chi connectivity index (χ4v) is 4.96. The van der Waals surface area contributed by atoms with Crippen molar-refractivity contribution in [2.45, 2.75) is 64.2 Å². The molecule has 2 aliphatic rings. The van der Waals surface area contributed by atoms with E-state index in [1.54, 1.807) is 18.2 Å². The van der Waals surface area contributed by atoms with Crippen LogP contribution in [0.3, 0.4) is 0 Å². The lowest BCUT2D eigenvalue weighted by atomic mass is 9.94. The molecule has 2 atom stereocenters. The van der Waals surface area contributed by atoms with E-state index in [2.05, 4.69) is 27.0 Å². The Kier molecular flexibility index (Phi) is 8.57. The van der Waals surface area contributed by atoms with Crippen LogP contribution in [0.5, 0.6) is 0 Å². The third-order valence-electron chi connectivity index (χ3n) is 6.92. The van der Waals surface area contributed by atoms with Crippen molar-refractivity contribution in [2.24, 2.45) is 5.92 Å². The number of aromatic nitrogens is 1. The fourth-order valence-electron chi connectivity index (χ4n) is 4.96. The van der Waals surface area contributed by atoms with Crippen molar-refractivity contribution >= 4 is 22.9 Å². The van der Waals surface area contributed by atoms with Crippen LogP contribution in [-0.2, 0) is 11.0 Å². The topological polar surface area (TPSA) is 48.5 Å². The Bertz CT molecular complexity index is 957. The van der Waals surface area contributed by atoms with Crippen molar-refractivity contribution in [1.29, 1.82) is 0 Å². The van der Waals surface area contributed by atoms with E-state index in [9.17, 15) is 18.0 Å². The highest BCUT2D eigenvalue weighted by atomic mass is 19.4. The van der Waals surface area contributed by atoms with Gasteiger partial charge in [0.1, 0.15) is 6.29 Å². The summed E-state index contributed by atoms with van der Waals surface area (Å²) in [4.78, 5) is 19.1. The molecule has 2 saturated heterocycles. The van der Waals surface area contributed by atoms with E-state index >= 15 is 0 Å². The van der Waals surface area contributed by atoms with Gasteiger partial charge in [-0.05, 0) is 83.4 Å². The van der Waals surface area contributed by atoms with E-state index in [0.29, 0.717) is 17.3 Å². The second-order valence-electron chi connectivity index (χ2n) is 10.1. The van der Waals surface area contributed by atoms with Crippen molar-refractivity contribution in [2.75, 3.05) is 38.1 Å². The minimum Gasteiger partial charge on any atom is -0.369 e. The van der Waals surface area contributed by atoms with Gasteiger partial charge in [0.25, 0.3) is 0 Å². The number of fused-ring (bicyclic) bond motifs is 1. The Labute approximate surface area is 200 Å². The lowest BCUT2D eigenvalue weighted by molar-refractivity contribution is -0.136. The number of anilines is 1. The quantitative estimate of drug-likeness (QED) is 0.617. The van der Waals surface area contributed by atoms with Gasteiger partial charge in [-0.15, -0.1) is 0 Å². The molecule has 2 aromatic rings. The van der Waals surface area contributed by atoms with Crippen LogP contribution in [0.1, 0.15) is 52.0 Å². The maximum atomic E-state index is 13.2. The molecule has 1 aromatic heterocycles. The molecule has 34 heavy (non-hydrogen) atoms. The maximum absolute atomic E-state index is 13.2. The molecule has 188 valence electrons. The van der Waals surface area contributed by atoms with Crippen LogP contribution in [0.2, 0.25) is 0 Å². The zero-order chi connectivity index (χ0) is 24.9. The Balaban J connectivity index is 0.000000248. The number of piperidine rings is 2. The largest absolute Gasteiger partial charge is 0.418 e. The van der Waals surface area contributed by atoms with E-state index in [0.717, 1.165) is 50.6 Å². The number of likely N-dealkylation sites (tertiary alicyclic amines) is 1. The van der Waals surface area contributed by atoms with Gasteiger partial charge in [0.2, 0.25) is 0 Å². The number of carbonyl (C=O) groups is 1. The number of hydrogen-bond acceptors (Lipinski definition) is 5. The summed E-state index contributed by atoms with van der Waals surface area (Å²) in [6.45, 7) is 9.96. The summed E-state index contributed by atoms with van der Waals surface area (Å²) in [6, 6.07) is 6.48. The summed E-state index contributed by atoms with van der Waals surface area (Å²) < 4.78 is 39.6. The number of hydrogen-bond donors (Lipinski definition) is 1. The van der Waals surface area contributed by atoms with Crippen LogP contribution in [0.25, 0.3) is 10.9 Å². The number of alkyl halides is 3. The number of pyridine rings is 1. The van der Waals surface area contributed by atoms with Crippen LogP contribution in [0.15, 0.2) is 30.5 Å². The molecule has 8 heteroatoms. The van der Waals surface area contributed by atoms with Crippen molar-refractivity contribution in [3.8, 4) is 0 Å². The Morgan fingerprint density at radius 1 is 1.09 bits per heavy atom. The van der Waals surface area contributed by atoms with Crippen molar-refractivity contribution in [1.82, 2.24) is 15.2 Å². The SMILES string of the molecule is CC(C)(C=O)N1CCCCC1.CNC1CC(C)CN(c2ccc(C(F)(F)F)c3ncccc23)C1. The van der Waals surface area contributed by atoms with Gasteiger partial charge in [0.15, 0.2) is 0 Å². The van der Waals surface area contributed by atoms with Gasteiger partial charge in [-0.1, -0.05) is 13.3 Å². The average Bonchev–Trinajstić information content (AvgIpc) is 2.83. The maximum Gasteiger partial charge on any atom is 0.418 e. The number of aldehydes is 1. The molecule has 1 aromatic carbocycles. The van der Waals surface area contributed by atoms with E-state index < -0.39 is 11.7 Å². The third kappa shape index (κ3) is 6.27. The third-order valence-corrected chi connectivity index (χ3v) is 6.92. The van der Waals surface area contributed by atoms with Crippen molar-refractivity contribution in [3.05, 3.63) is 36.0 Å². The Morgan fingerprint density at radius 2 is 1.79 bits per heavy atom. The standard InChI is InChI=1S/C17H20F3N3.C9H17NO/c1-11-8-12(21-2)10-23(9-11)15-6-5-14(17(18,19)20)16-13(15)4-3-7-22-16;1-9(2,8-11)10-6-4-3-5-7-10/h3-7,11-12,21H,8-10H2,1-2H3;8H,3-7H2,1-2H3. The van der Waals surface area contributed by atoms with Crippen LogP contribution >= 0.6 is 0 Å². The monoisotopic (exact) mass is 478 g/mol. The van der Waals surface area contributed by atoms with E-state index in [-0.39, 0.29) is 11.1 Å². The summed E-state index contributed by atoms with van der Waals surface area (Å²) in [5.74, 6) is 0.482. The van der Waals surface area contributed by atoms with Gasteiger partial charge in [-0.3, -0.25) is 9.88 Å². The number of halogens is 3. The number of benzene rings is 1. The lowest BCUT2D eigenvalue weighted by Gasteiger charge is -2.38.